The Morgan fingerprint density at radius 3 is 2.56 bits per heavy atom. The number of ether oxygens (including phenoxy) is 2. The lowest BCUT2D eigenvalue weighted by Crippen LogP contribution is -2.19. The second-order valence-corrected chi connectivity index (χ2v) is 3.64. The molecule has 0 fully saturated rings. The molecule has 0 heterocycles. The van der Waals surface area contributed by atoms with Gasteiger partial charge in [-0.1, -0.05) is 25.1 Å². The van der Waals surface area contributed by atoms with E-state index in [1.807, 2.05) is 30.3 Å². The Morgan fingerprint density at radius 1 is 1.19 bits per heavy atom. The van der Waals surface area contributed by atoms with Gasteiger partial charge < -0.3 is 15.2 Å². The summed E-state index contributed by atoms with van der Waals surface area (Å²) >= 11 is 0. The summed E-state index contributed by atoms with van der Waals surface area (Å²) in [6, 6.07) is 9.77. The first-order valence-corrected chi connectivity index (χ1v) is 5.86. The summed E-state index contributed by atoms with van der Waals surface area (Å²) < 4.78 is 11.2. The van der Waals surface area contributed by atoms with Gasteiger partial charge in [0.15, 0.2) is 0 Å². The topological polar surface area (TPSA) is 44.5 Å². The second-order valence-electron chi connectivity index (χ2n) is 3.64. The minimum absolute atomic E-state index is 0.268. The second kappa shape index (κ2) is 8.13. The van der Waals surface area contributed by atoms with Crippen LogP contribution in [-0.2, 0) is 4.74 Å². The molecule has 0 amide bonds. The molecule has 3 heteroatoms. The molecule has 1 aromatic carbocycles. The molecule has 1 atom stereocenters. The molecule has 0 aromatic heterocycles. The van der Waals surface area contributed by atoms with Crippen molar-refractivity contribution in [3.05, 3.63) is 30.3 Å². The third-order valence-corrected chi connectivity index (χ3v) is 2.39. The molecule has 1 rings (SSSR count). The first kappa shape index (κ1) is 13.0. The van der Waals surface area contributed by atoms with Gasteiger partial charge in [-0.3, -0.25) is 0 Å². The molecule has 1 aromatic rings. The Morgan fingerprint density at radius 2 is 1.94 bits per heavy atom. The van der Waals surface area contributed by atoms with Crippen molar-refractivity contribution in [1.82, 2.24) is 0 Å². The van der Waals surface area contributed by atoms with E-state index >= 15 is 0 Å². The summed E-state index contributed by atoms with van der Waals surface area (Å²) in [7, 11) is 0. The van der Waals surface area contributed by atoms with Crippen molar-refractivity contribution >= 4 is 0 Å². The molecule has 0 saturated heterocycles. The number of hydrogen-bond acceptors (Lipinski definition) is 3. The number of benzene rings is 1. The first-order chi connectivity index (χ1) is 7.86. The quantitative estimate of drug-likeness (QED) is 0.687. The van der Waals surface area contributed by atoms with E-state index in [9.17, 15) is 0 Å². The zero-order valence-corrected chi connectivity index (χ0v) is 9.89. The third kappa shape index (κ3) is 5.14. The largest absolute Gasteiger partial charge is 0.491 e. The third-order valence-electron chi connectivity index (χ3n) is 2.39. The molecular formula is C13H21NO2. The van der Waals surface area contributed by atoms with E-state index in [2.05, 4.69) is 6.92 Å². The summed E-state index contributed by atoms with van der Waals surface area (Å²) in [5, 5.41) is 0. The highest BCUT2D eigenvalue weighted by Crippen LogP contribution is 2.08. The Balaban J connectivity index is 2.11. The summed E-state index contributed by atoms with van der Waals surface area (Å²) in [6.07, 6.45) is 2.19. The molecule has 0 spiro atoms. The molecular weight excluding hydrogens is 202 g/mol. The van der Waals surface area contributed by atoms with Gasteiger partial charge in [0.25, 0.3) is 0 Å². The number of hydrogen-bond donors (Lipinski definition) is 1. The maximum atomic E-state index is 5.65. The van der Waals surface area contributed by atoms with Crippen LogP contribution in [0.1, 0.15) is 19.8 Å². The molecule has 0 aliphatic heterocycles. The van der Waals surface area contributed by atoms with Gasteiger partial charge in [-0.05, 0) is 31.5 Å². The van der Waals surface area contributed by atoms with Crippen LogP contribution < -0.4 is 10.5 Å². The Hall–Kier alpha value is -1.06. The predicted octanol–water partition coefficient (Wildman–Crippen LogP) is 2.21. The SMILES string of the molecule is CCC(CCN)OCCOc1ccccc1. The van der Waals surface area contributed by atoms with E-state index < -0.39 is 0 Å². The fourth-order valence-electron chi connectivity index (χ4n) is 1.48. The predicted molar refractivity (Wildman–Crippen MR) is 65.6 cm³/mol. The lowest BCUT2D eigenvalue weighted by Gasteiger charge is -2.15. The fourth-order valence-corrected chi connectivity index (χ4v) is 1.48. The molecule has 0 bridgehead atoms. The Bertz CT molecular complexity index is 264. The molecule has 2 N–H and O–H groups in total. The average molecular weight is 223 g/mol. The maximum Gasteiger partial charge on any atom is 0.119 e. The van der Waals surface area contributed by atoms with Gasteiger partial charge in [0.05, 0.1) is 12.7 Å². The van der Waals surface area contributed by atoms with Crippen LogP contribution in [0.3, 0.4) is 0 Å². The van der Waals surface area contributed by atoms with E-state index in [0.717, 1.165) is 18.6 Å². The van der Waals surface area contributed by atoms with Gasteiger partial charge in [0.1, 0.15) is 12.4 Å². The molecule has 0 saturated carbocycles. The Labute approximate surface area is 97.6 Å². The highest BCUT2D eigenvalue weighted by Gasteiger charge is 2.04. The van der Waals surface area contributed by atoms with Gasteiger partial charge in [0, 0.05) is 0 Å². The summed E-state index contributed by atoms with van der Waals surface area (Å²) in [6.45, 7) is 3.99. The molecule has 0 aliphatic rings. The van der Waals surface area contributed by atoms with Crippen LogP contribution in [0.4, 0.5) is 0 Å². The summed E-state index contributed by atoms with van der Waals surface area (Å²) in [4.78, 5) is 0. The lowest BCUT2D eigenvalue weighted by atomic mass is 10.2. The normalized spacial score (nSPS) is 12.4. The zero-order chi connectivity index (χ0) is 11.6. The average Bonchev–Trinajstić information content (AvgIpc) is 2.34. The van der Waals surface area contributed by atoms with E-state index in [1.165, 1.54) is 0 Å². The molecule has 3 nitrogen and oxygen atoms in total. The van der Waals surface area contributed by atoms with Crippen molar-refractivity contribution in [3.63, 3.8) is 0 Å². The smallest absolute Gasteiger partial charge is 0.119 e. The highest BCUT2D eigenvalue weighted by molar-refractivity contribution is 5.20. The number of nitrogens with two attached hydrogens (primary N) is 1. The zero-order valence-electron chi connectivity index (χ0n) is 9.89. The maximum absolute atomic E-state index is 5.65. The minimum Gasteiger partial charge on any atom is -0.491 e. The number of para-hydroxylation sites is 1. The van der Waals surface area contributed by atoms with Crippen LogP contribution in [0.25, 0.3) is 0 Å². The molecule has 1 unspecified atom stereocenters. The van der Waals surface area contributed by atoms with E-state index in [4.69, 9.17) is 15.2 Å². The van der Waals surface area contributed by atoms with Crippen molar-refractivity contribution in [1.29, 1.82) is 0 Å². The van der Waals surface area contributed by atoms with Crippen LogP contribution in [0.15, 0.2) is 30.3 Å². The van der Waals surface area contributed by atoms with Crippen molar-refractivity contribution in [2.75, 3.05) is 19.8 Å². The first-order valence-electron chi connectivity index (χ1n) is 5.86. The molecule has 90 valence electrons. The summed E-state index contributed by atoms with van der Waals surface area (Å²) in [5.41, 5.74) is 5.49. The van der Waals surface area contributed by atoms with Crippen LogP contribution in [0, 0.1) is 0 Å². The minimum atomic E-state index is 0.268. The van der Waals surface area contributed by atoms with Gasteiger partial charge >= 0.3 is 0 Å². The van der Waals surface area contributed by atoms with Crippen LogP contribution in [-0.4, -0.2) is 25.9 Å². The van der Waals surface area contributed by atoms with Gasteiger partial charge in [-0.2, -0.15) is 0 Å². The Kier molecular flexibility index (Phi) is 6.61. The molecule has 0 aliphatic carbocycles. The number of rotatable bonds is 8. The highest BCUT2D eigenvalue weighted by atomic mass is 16.5. The monoisotopic (exact) mass is 223 g/mol. The van der Waals surface area contributed by atoms with Crippen molar-refractivity contribution < 1.29 is 9.47 Å². The van der Waals surface area contributed by atoms with Crippen LogP contribution >= 0.6 is 0 Å². The van der Waals surface area contributed by atoms with Crippen molar-refractivity contribution in [2.45, 2.75) is 25.9 Å². The van der Waals surface area contributed by atoms with Gasteiger partial charge in [-0.25, -0.2) is 0 Å². The van der Waals surface area contributed by atoms with E-state index in [1.54, 1.807) is 0 Å². The van der Waals surface area contributed by atoms with Crippen LogP contribution in [0.5, 0.6) is 5.75 Å². The molecule has 16 heavy (non-hydrogen) atoms. The van der Waals surface area contributed by atoms with Crippen molar-refractivity contribution in [3.8, 4) is 5.75 Å². The summed E-state index contributed by atoms with van der Waals surface area (Å²) in [5.74, 6) is 0.887. The van der Waals surface area contributed by atoms with Gasteiger partial charge in [0.2, 0.25) is 0 Å². The van der Waals surface area contributed by atoms with E-state index in [0.29, 0.717) is 19.8 Å². The fraction of sp³-hybridized carbons (Fsp3) is 0.538. The molecule has 0 radical (unpaired) electrons. The van der Waals surface area contributed by atoms with Crippen molar-refractivity contribution in [2.24, 2.45) is 5.73 Å². The standard InChI is InChI=1S/C13H21NO2/c1-2-12(8-9-14)15-10-11-16-13-6-4-3-5-7-13/h3-7,12H,2,8-11,14H2,1H3. The van der Waals surface area contributed by atoms with Crippen LogP contribution in [0.2, 0.25) is 0 Å². The van der Waals surface area contributed by atoms with Gasteiger partial charge in [-0.15, -0.1) is 0 Å². The van der Waals surface area contributed by atoms with E-state index in [-0.39, 0.29) is 6.10 Å². The lowest BCUT2D eigenvalue weighted by molar-refractivity contribution is 0.0283.